The summed E-state index contributed by atoms with van der Waals surface area (Å²) in [5.74, 6) is 1.33. The van der Waals surface area contributed by atoms with Gasteiger partial charge in [-0.3, -0.25) is 9.69 Å². The molecule has 1 fully saturated rings. The third-order valence-corrected chi connectivity index (χ3v) is 4.66. The second kappa shape index (κ2) is 9.10. The van der Waals surface area contributed by atoms with E-state index in [4.69, 9.17) is 9.26 Å². The number of aromatic nitrogens is 2. The highest BCUT2D eigenvalue weighted by molar-refractivity contribution is 5.76. The van der Waals surface area contributed by atoms with Gasteiger partial charge in [0, 0.05) is 32.6 Å². The highest BCUT2D eigenvalue weighted by Gasteiger charge is 2.25. The van der Waals surface area contributed by atoms with Crippen LogP contribution in [-0.2, 0) is 22.6 Å². The van der Waals surface area contributed by atoms with Gasteiger partial charge in [0.25, 0.3) is 0 Å². The molecule has 1 aliphatic rings. The largest absolute Gasteiger partial charge is 0.375 e. The van der Waals surface area contributed by atoms with Crippen molar-refractivity contribution in [3.8, 4) is 0 Å². The van der Waals surface area contributed by atoms with Crippen molar-refractivity contribution in [1.29, 1.82) is 0 Å². The molecule has 146 valence electrons. The molecule has 0 aliphatic carbocycles. The van der Waals surface area contributed by atoms with Gasteiger partial charge in [-0.05, 0) is 5.56 Å². The van der Waals surface area contributed by atoms with E-state index in [-0.39, 0.29) is 17.9 Å². The Morgan fingerprint density at radius 3 is 2.81 bits per heavy atom. The first-order valence-electron chi connectivity index (χ1n) is 9.45. The molecule has 1 aliphatic heterocycles. The summed E-state index contributed by atoms with van der Waals surface area (Å²) in [6, 6.07) is 10.4. The number of carbonyl (C=O) groups is 1. The molecule has 1 aromatic carbocycles. The number of hydrogen-bond acceptors (Lipinski definition) is 6. The minimum atomic E-state index is -0.0890. The first-order chi connectivity index (χ1) is 13.0. The number of benzene rings is 1. The Morgan fingerprint density at radius 1 is 1.33 bits per heavy atom. The van der Waals surface area contributed by atoms with Gasteiger partial charge in [0.05, 0.1) is 25.7 Å². The van der Waals surface area contributed by atoms with Crippen molar-refractivity contribution in [2.75, 3.05) is 26.7 Å². The zero-order chi connectivity index (χ0) is 19.2. The van der Waals surface area contributed by atoms with Gasteiger partial charge in [0.2, 0.25) is 11.8 Å². The molecule has 0 spiro atoms. The topological polar surface area (TPSA) is 71.7 Å². The molecule has 1 aromatic heterocycles. The molecule has 2 heterocycles. The fraction of sp³-hybridized carbons (Fsp3) is 0.550. The third-order valence-electron chi connectivity index (χ3n) is 4.66. The molecule has 0 unspecified atom stereocenters. The van der Waals surface area contributed by atoms with Crippen LogP contribution >= 0.6 is 0 Å². The lowest BCUT2D eigenvalue weighted by Gasteiger charge is -2.33. The number of hydrogen-bond donors (Lipinski definition) is 0. The fourth-order valence-electron chi connectivity index (χ4n) is 3.11. The van der Waals surface area contributed by atoms with Gasteiger partial charge in [0.15, 0.2) is 5.82 Å². The normalized spacial score (nSPS) is 18.0. The smallest absolute Gasteiger partial charge is 0.229 e. The zero-order valence-electron chi connectivity index (χ0n) is 16.3. The van der Waals surface area contributed by atoms with Gasteiger partial charge >= 0.3 is 0 Å². The monoisotopic (exact) mass is 372 g/mol. The maximum absolute atomic E-state index is 12.6. The summed E-state index contributed by atoms with van der Waals surface area (Å²) >= 11 is 0. The summed E-state index contributed by atoms with van der Waals surface area (Å²) in [7, 11) is 1.76. The zero-order valence-corrected chi connectivity index (χ0v) is 16.3. The Hall–Kier alpha value is -2.25. The Balaban J connectivity index is 1.48. The molecular formula is C20H28N4O3. The maximum atomic E-state index is 12.6. The molecule has 1 atom stereocenters. The lowest BCUT2D eigenvalue weighted by Crippen LogP contribution is -2.44. The molecule has 0 N–H and O–H groups in total. The highest BCUT2D eigenvalue weighted by atomic mass is 16.5. The van der Waals surface area contributed by atoms with E-state index in [9.17, 15) is 4.79 Å². The molecule has 1 amide bonds. The summed E-state index contributed by atoms with van der Waals surface area (Å²) in [6.45, 7) is 7.50. The average molecular weight is 372 g/mol. The van der Waals surface area contributed by atoms with Crippen molar-refractivity contribution in [3.05, 3.63) is 47.6 Å². The minimum absolute atomic E-state index is 0.0254. The SMILES string of the molecule is CC(C)c1nc(CN(C)C(=O)C[C@@H]2CN(Cc3ccccc3)CCO2)no1. The number of carbonyl (C=O) groups excluding carboxylic acids is 1. The first kappa shape index (κ1) is 19.5. The van der Waals surface area contributed by atoms with Crippen molar-refractivity contribution in [2.24, 2.45) is 0 Å². The van der Waals surface area contributed by atoms with E-state index >= 15 is 0 Å². The number of rotatable bonds is 7. The summed E-state index contributed by atoms with van der Waals surface area (Å²) in [5, 5.41) is 3.95. The molecule has 2 aromatic rings. The predicted octanol–water partition coefficient (Wildman–Crippen LogP) is 2.44. The lowest BCUT2D eigenvalue weighted by molar-refractivity contribution is -0.135. The van der Waals surface area contributed by atoms with Crippen LogP contribution in [0, 0.1) is 0 Å². The summed E-state index contributed by atoms with van der Waals surface area (Å²) in [4.78, 5) is 20.9. The van der Waals surface area contributed by atoms with Gasteiger partial charge < -0.3 is 14.2 Å². The first-order valence-corrected chi connectivity index (χ1v) is 9.45. The van der Waals surface area contributed by atoms with E-state index in [0.717, 1.165) is 19.6 Å². The van der Waals surface area contributed by atoms with Gasteiger partial charge in [-0.2, -0.15) is 4.98 Å². The van der Waals surface area contributed by atoms with Crippen molar-refractivity contribution < 1.29 is 14.1 Å². The van der Waals surface area contributed by atoms with Crippen LogP contribution in [0.1, 0.15) is 43.5 Å². The number of ether oxygens (including phenoxy) is 1. The Labute approximate surface area is 160 Å². The van der Waals surface area contributed by atoms with E-state index in [0.29, 0.717) is 31.3 Å². The van der Waals surface area contributed by atoms with E-state index in [1.807, 2.05) is 32.0 Å². The molecule has 3 rings (SSSR count). The molecule has 1 saturated heterocycles. The maximum Gasteiger partial charge on any atom is 0.229 e. The van der Waals surface area contributed by atoms with Crippen LogP contribution < -0.4 is 0 Å². The van der Waals surface area contributed by atoms with Crippen molar-refractivity contribution in [3.63, 3.8) is 0 Å². The minimum Gasteiger partial charge on any atom is -0.375 e. The predicted molar refractivity (Wildman–Crippen MR) is 101 cm³/mol. The van der Waals surface area contributed by atoms with Crippen LogP contribution in [0.4, 0.5) is 0 Å². The van der Waals surface area contributed by atoms with Gasteiger partial charge in [-0.1, -0.05) is 49.3 Å². The van der Waals surface area contributed by atoms with E-state index in [2.05, 4.69) is 27.2 Å². The Kier molecular flexibility index (Phi) is 6.58. The van der Waals surface area contributed by atoms with Crippen molar-refractivity contribution >= 4 is 5.91 Å². The Bertz CT molecular complexity index is 732. The van der Waals surface area contributed by atoms with E-state index < -0.39 is 0 Å². The Morgan fingerprint density at radius 2 is 2.11 bits per heavy atom. The second-order valence-corrected chi connectivity index (χ2v) is 7.37. The third kappa shape index (κ3) is 5.61. The molecule has 7 heteroatoms. The molecule has 0 radical (unpaired) electrons. The summed E-state index contributed by atoms with van der Waals surface area (Å²) in [5.41, 5.74) is 1.28. The number of amides is 1. The summed E-state index contributed by atoms with van der Waals surface area (Å²) in [6.07, 6.45) is 0.269. The van der Waals surface area contributed by atoms with Crippen LogP contribution in [0.15, 0.2) is 34.9 Å². The highest BCUT2D eigenvalue weighted by Crippen LogP contribution is 2.15. The quantitative estimate of drug-likeness (QED) is 0.743. The van der Waals surface area contributed by atoms with Gasteiger partial charge in [0.1, 0.15) is 0 Å². The second-order valence-electron chi connectivity index (χ2n) is 7.37. The lowest BCUT2D eigenvalue weighted by atomic mass is 10.1. The van der Waals surface area contributed by atoms with Gasteiger partial charge in [-0.15, -0.1) is 0 Å². The van der Waals surface area contributed by atoms with E-state index in [1.165, 1.54) is 5.56 Å². The number of nitrogens with zero attached hydrogens (tertiary/aromatic N) is 4. The van der Waals surface area contributed by atoms with Crippen LogP contribution in [0.2, 0.25) is 0 Å². The van der Waals surface area contributed by atoms with Crippen LogP contribution in [-0.4, -0.2) is 58.7 Å². The average Bonchev–Trinajstić information content (AvgIpc) is 3.11. The van der Waals surface area contributed by atoms with Crippen molar-refractivity contribution in [1.82, 2.24) is 19.9 Å². The molecule has 0 saturated carbocycles. The standard InChI is InChI=1S/C20H28N4O3/c1-15(2)20-21-18(22-27-20)14-23(3)19(25)11-17-13-24(9-10-26-17)12-16-7-5-4-6-8-16/h4-8,15,17H,9-14H2,1-3H3/t17-/m1/s1. The molecular weight excluding hydrogens is 344 g/mol. The molecule has 0 bridgehead atoms. The van der Waals surface area contributed by atoms with Crippen molar-refractivity contribution in [2.45, 2.75) is 45.4 Å². The van der Waals surface area contributed by atoms with Crippen LogP contribution in [0.3, 0.4) is 0 Å². The number of morpholine rings is 1. The van der Waals surface area contributed by atoms with Crippen LogP contribution in [0.5, 0.6) is 0 Å². The molecule has 7 nitrogen and oxygen atoms in total. The fourth-order valence-corrected chi connectivity index (χ4v) is 3.11. The summed E-state index contributed by atoms with van der Waals surface area (Å²) < 4.78 is 11.0. The van der Waals surface area contributed by atoms with Crippen LogP contribution in [0.25, 0.3) is 0 Å². The van der Waals surface area contributed by atoms with E-state index in [1.54, 1.807) is 11.9 Å². The van der Waals surface area contributed by atoms with Gasteiger partial charge in [-0.25, -0.2) is 0 Å². The molecule has 27 heavy (non-hydrogen) atoms.